The van der Waals surface area contributed by atoms with Crippen molar-refractivity contribution in [3.63, 3.8) is 0 Å². The lowest BCUT2D eigenvalue weighted by Gasteiger charge is -2.19. The summed E-state index contributed by atoms with van der Waals surface area (Å²) >= 11 is 0. The zero-order chi connectivity index (χ0) is 17.8. The first-order valence-corrected chi connectivity index (χ1v) is 9.13. The molecule has 4 heteroatoms. The van der Waals surface area contributed by atoms with E-state index in [1.807, 2.05) is 19.3 Å². The SMILES string of the molecule is CN=C(NCc1cccc2cccnc12)NCC1(c2ccccc2)CC1. The van der Waals surface area contributed by atoms with Crippen LogP contribution in [0.1, 0.15) is 24.0 Å². The topological polar surface area (TPSA) is 49.3 Å². The Morgan fingerprint density at radius 3 is 2.58 bits per heavy atom. The van der Waals surface area contributed by atoms with E-state index in [-0.39, 0.29) is 5.41 Å². The molecule has 3 aromatic rings. The van der Waals surface area contributed by atoms with Crippen molar-refractivity contribution in [1.29, 1.82) is 0 Å². The number of hydrogen-bond donors (Lipinski definition) is 2. The number of nitrogens with zero attached hydrogens (tertiary/aromatic N) is 2. The Morgan fingerprint density at radius 2 is 1.81 bits per heavy atom. The molecular formula is C22H24N4. The van der Waals surface area contributed by atoms with Crippen LogP contribution < -0.4 is 10.6 Å². The van der Waals surface area contributed by atoms with Crippen LogP contribution in [0, 0.1) is 0 Å². The average Bonchev–Trinajstić information content (AvgIpc) is 3.50. The number of aromatic nitrogens is 1. The van der Waals surface area contributed by atoms with Crippen LogP contribution in [-0.4, -0.2) is 24.5 Å². The van der Waals surface area contributed by atoms with Gasteiger partial charge in [0.05, 0.1) is 5.52 Å². The molecule has 26 heavy (non-hydrogen) atoms. The monoisotopic (exact) mass is 344 g/mol. The Labute approximate surface area is 154 Å². The Balaban J connectivity index is 1.40. The summed E-state index contributed by atoms with van der Waals surface area (Å²) in [6, 6.07) is 21.1. The molecular weight excluding hydrogens is 320 g/mol. The van der Waals surface area contributed by atoms with Gasteiger partial charge in [0.2, 0.25) is 0 Å². The van der Waals surface area contributed by atoms with E-state index in [4.69, 9.17) is 0 Å². The van der Waals surface area contributed by atoms with E-state index in [1.54, 1.807) is 0 Å². The smallest absolute Gasteiger partial charge is 0.191 e. The van der Waals surface area contributed by atoms with Gasteiger partial charge in [0.1, 0.15) is 0 Å². The normalized spacial score (nSPS) is 15.7. The lowest BCUT2D eigenvalue weighted by molar-refractivity contribution is 0.646. The predicted octanol–water partition coefficient (Wildman–Crippen LogP) is 3.63. The average molecular weight is 344 g/mol. The van der Waals surface area contributed by atoms with Crippen molar-refractivity contribution in [2.24, 2.45) is 4.99 Å². The first-order chi connectivity index (χ1) is 12.8. The zero-order valence-corrected chi connectivity index (χ0v) is 15.1. The molecule has 0 spiro atoms. The van der Waals surface area contributed by atoms with Gasteiger partial charge in [-0.3, -0.25) is 9.98 Å². The molecule has 0 bridgehead atoms. The third-order valence-corrected chi connectivity index (χ3v) is 5.22. The van der Waals surface area contributed by atoms with Crippen LogP contribution in [0.4, 0.5) is 0 Å². The van der Waals surface area contributed by atoms with Crippen molar-refractivity contribution < 1.29 is 0 Å². The predicted molar refractivity (Wildman–Crippen MR) is 107 cm³/mol. The zero-order valence-electron chi connectivity index (χ0n) is 15.1. The van der Waals surface area contributed by atoms with Gasteiger partial charge in [-0.2, -0.15) is 0 Å². The van der Waals surface area contributed by atoms with Crippen LogP contribution in [0.3, 0.4) is 0 Å². The van der Waals surface area contributed by atoms with E-state index >= 15 is 0 Å². The van der Waals surface area contributed by atoms with Gasteiger partial charge in [-0.1, -0.05) is 54.6 Å². The van der Waals surface area contributed by atoms with Crippen LogP contribution in [-0.2, 0) is 12.0 Å². The van der Waals surface area contributed by atoms with E-state index in [1.165, 1.54) is 24.0 Å². The highest BCUT2D eigenvalue weighted by atomic mass is 15.2. The van der Waals surface area contributed by atoms with Gasteiger partial charge >= 0.3 is 0 Å². The van der Waals surface area contributed by atoms with Crippen LogP contribution >= 0.6 is 0 Å². The number of guanidine groups is 1. The second-order valence-corrected chi connectivity index (χ2v) is 6.92. The molecule has 1 fully saturated rings. The van der Waals surface area contributed by atoms with E-state index in [0.29, 0.717) is 6.54 Å². The standard InChI is InChI=1S/C22H24N4/c1-23-21(26-16-22(12-13-22)19-10-3-2-4-11-19)25-15-18-8-5-7-17-9-6-14-24-20(17)18/h2-11,14H,12-13,15-16H2,1H3,(H2,23,25,26). The van der Waals surface area contributed by atoms with Crippen molar-refractivity contribution >= 4 is 16.9 Å². The summed E-state index contributed by atoms with van der Waals surface area (Å²) < 4.78 is 0. The van der Waals surface area contributed by atoms with Gasteiger partial charge in [0, 0.05) is 37.1 Å². The van der Waals surface area contributed by atoms with Crippen LogP contribution in [0.25, 0.3) is 10.9 Å². The summed E-state index contributed by atoms with van der Waals surface area (Å²) in [5, 5.41) is 8.10. The van der Waals surface area contributed by atoms with E-state index in [9.17, 15) is 0 Å². The molecule has 1 aromatic heterocycles. The molecule has 1 saturated carbocycles. The molecule has 4 nitrogen and oxygen atoms in total. The van der Waals surface area contributed by atoms with Gasteiger partial charge in [-0.05, 0) is 30.0 Å². The lowest BCUT2D eigenvalue weighted by atomic mass is 9.96. The molecule has 1 aliphatic rings. The molecule has 2 N–H and O–H groups in total. The van der Waals surface area contributed by atoms with Crippen LogP contribution in [0.5, 0.6) is 0 Å². The van der Waals surface area contributed by atoms with Crippen molar-refractivity contribution in [2.75, 3.05) is 13.6 Å². The number of hydrogen-bond acceptors (Lipinski definition) is 2. The fourth-order valence-electron chi connectivity index (χ4n) is 3.47. The number of aliphatic imine (C=N–C) groups is 1. The molecule has 132 valence electrons. The molecule has 0 atom stereocenters. The van der Waals surface area contributed by atoms with Crippen LogP contribution in [0.15, 0.2) is 71.9 Å². The third kappa shape index (κ3) is 3.40. The molecule has 0 unspecified atom stereocenters. The fourth-order valence-corrected chi connectivity index (χ4v) is 3.47. The number of fused-ring (bicyclic) bond motifs is 1. The minimum Gasteiger partial charge on any atom is -0.356 e. The Bertz CT molecular complexity index is 908. The number of para-hydroxylation sites is 1. The van der Waals surface area contributed by atoms with Crippen molar-refractivity contribution in [1.82, 2.24) is 15.6 Å². The largest absolute Gasteiger partial charge is 0.356 e. The van der Waals surface area contributed by atoms with Crippen molar-refractivity contribution in [3.8, 4) is 0 Å². The number of nitrogens with one attached hydrogen (secondary N) is 2. The number of rotatable bonds is 5. The van der Waals surface area contributed by atoms with Crippen molar-refractivity contribution in [2.45, 2.75) is 24.8 Å². The summed E-state index contributed by atoms with van der Waals surface area (Å²) in [6.07, 6.45) is 4.30. The molecule has 4 rings (SSSR count). The number of pyridine rings is 1. The van der Waals surface area contributed by atoms with E-state index < -0.39 is 0 Å². The van der Waals surface area contributed by atoms with Gasteiger partial charge in [0.25, 0.3) is 0 Å². The summed E-state index contributed by atoms with van der Waals surface area (Å²) in [4.78, 5) is 8.90. The summed E-state index contributed by atoms with van der Waals surface area (Å²) in [6.45, 7) is 1.61. The second-order valence-electron chi connectivity index (χ2n) is 6.92. The molecule has 0 saturated heterocycles. The second kappa shape index (κ2) is 7.16. The fraction of sp³-hybridized carbons (Fsp3) is 0.273. The van der Waals surface area contributed by atoms with Crippen LogP contribution in [0.2, 0.25) is 0 Å². The number of benzene rings is 2. The molecule has 1 aliphatic carbocycles. The first kappa shape index (κ1) is 16.6. The minimum absolute atomic E-state index is 0.264. The quantitative estimate of drug-likeness (QED) is 0.549. The highest BCUT2D eigenvalue weighted by Crippen LogP contribution is 2.47. The molecule has 2 aromatic carbocycles. The Kier molecular flexibility index (Phi) is 4.57. The molecule has 0 aliphatic heterocycles. The van der Waals surface area contributed by atoms with Crippen molar-refractivity contribution in [3.05, 3.63) is 78.0 Å². The Morgan fingerprint density at radius 1 is 1.00 bits per heavy atom. The summed E-state index contributed by atoms with van der Waals surface area (Å²) in [5.74, 6) is 0.833. The maximum absolute atomic E-state index is 4.52. The third-order valence-electron chi connectivity index (χ3n) is 5.22. The lowest BCUT2D eigenvalue weighted by Crippen LogP contribution is -2.40. The van der Waals surface area contributed by atoms with E-state index in [2.05, 4.69) is 75.2 Å². The highest BCUT2D eigenvalue weighted by Gasteiger charge is 2.43. The van der Waals surface area contributed by atoms with E-state index in [0.717, 1.165) is 23.4 Å². The van der Waals surface area contributed by atoms with Gasteiger partial charge in [0.15, 0.2) is 5.96 Å². The first-order valence-electron chi connectivity index (χ1n) is 9.13. The minimum atomic E-state index is 0.264. The maximum Gasteiger partial charge on any atom is 0.191 e. The van der Waals surface area contributed by atoms with Gasteiger partial charge in [-0.25, -0.2) is 0 Å². The van der Waals surface area contributed by atoms with Gasteiger partial charge < -0.3 is 10.6 Å². The summed E-state index contributed by atoms with van der Waals surface area (Å²) in [7, 11) is 1.82. The molecule has 0 radical (unpaired) electrons. The molecule has 1 heterocycles. The molecule has 0 amide bonds. The highest BCUT2D eigenvalue weighted by molar-refractivity contribution is 5.83. The summed E-state index contributed by atoms with van der Waals surface area (Å²) in [5.41, 5.74) is 3.90. The van der Waals surface area contributed by atoms with Gasteiger partial charge in [-0.15, -0.1) is 0 Å². The Hall–Kier alpha value is -2.88. The maximum atomic E-state index is 4.52.